The van der Waals surface area contributed by atoms with E-state index in [2.05, 4.69) is 35.7 Å². The Bertz CT molecular complexity index is 404. The van der Waals surface area contributed by atoms with Gasteiger partial charge in [0.15, 0.2) is 0 Å². The molecular formula is C14H21BrN4. The smallest absolute Gasteiger partial charge is 0.225 e. The number of nitrogens with zero attached hydrogens (tertiary/aromatic N) is 4. The van der Waals surface area contributed by atoms with E-state index in [-0.39, 0.29) is 0 Å². The first kappa shape index (κ1) is 13.3. The Labute approximate surface area is 123 Å². The minimum absolute atomic E-state index is 0.869. The second-order valence-electron chi connectivity index (χ2n) is 5.64. The van der Waals surface area contributed by atoms with Gasteiger partial charge in [-0.2, -0.15) is 0 Å². The molecule has 1 aliphatic heterocycles. The molecular weight excluding hydrogens is 304 g/mol. The fourth-order valence-electron chi connectivity index (χ4n) is 2.86. The van der Waals surface area contributed by atoms with Crippen LogP contribution < -0.4 is 4.90 Å². The summed E-state index contributed by atoms with van der Waals surface area (Å²) in [6.45, 7) is 5.80. The summed E-state index contributed by atoms with van der Waals surface area (Å²) in [6, 6.07) is 0. The number of halogens is 1. The fraction of sp³-hybridized carbons (Fsp3) is 0.714. The predicted octanol–water partition coefficient (Wildman–Crippen LogP) is 2.55. The average Bonchev–Trinajstić information content (AvgIpc) is 2.60. The number of hydrogen-bond donors (Lipinski definition) is 0. The largest absolute Gasteiger partial charge is 0.339 e. The van der Waals surface area contributed by atoms with Crippen molar-refractivity contribution in [2.45, 2.75) is 25.7 Å². The Morgan fingerprint density at radius 1 is 1.05 bits per heavy atom. The van der Waals surface area contributed by atoms with Gasteiger partial charge in [-0.3, -0.25) is 0 Å². The van der Waals surface area contributed by atoms with E-state index >= 15 is 0 Å². The van der Waals surface area contributed by atoms with Crippen molar-refractivity contribution in [3.8, 4) is 0 Å². The number of hydrogen-bond acceptors (Lipinski definition) is 4. The van der Waals surface area contributed by atoms with Crippen LogP contribution in [0.1, 0.15) is 25.7 Å². The maximum atomic E-state index is 4.41. The summed E-state index contributed by atoms with van der Waals surface area (Å²) in [6.07, 6.45) is 9.20. The van der Waals surface area contributed by atoms with E-state index in [4.69, 9.17) is 0 Å². The van der Waals surface area contributed by atoms with E-state index in [1.807, 2.05) is 12.4 Å². The second-order valence-corrected chi connectivity index (χ2v) is 6.56. The first-order valence-corrected chi connectivity index (χ1v) is 8.05. The van der Waals surface area contributed by atoms with Crippen molar-refractivity contribution >= 4 is 21.9 Å². The van der Waals surface area contributed by atoms with Crippen molar-refractivity contribution in [3.63, 3.8) is 0 Å². The quantitative estimate of drug-likeness (QED) is 0.855. The molecule has 0 spiro atoms. The lowest BCUT2D eigenvalue weighted by molar-refractivity contribution is 0.186. The highest BCUT2D eigenvalue weighted by molar-refractivity contribution is 9.10. The molecule has 0 N–H and O–H groups in total. The van der Waals surface area contributed by atoms with Crippen LogP contribution in [0.2, 0.25) is 0 Å². The molecule has 0 amide bonds. The molecule has 104 valence electrons. The van der Waals surface area contributed by atoms with Crippen LogP contribution in [0.3, 0.4) is 0 Å². The normalized spacial score (nSPS) is 22.1. The zero-order valence-electron chi connectivity index (χ0n) is 11.3. The van der Waals surface area contributed by atoms with Crippen LogP contribution in [0, 0.1) is 5.92 Å². The first-order valence-electron chi connectivity index (χ1n) is 7.26. The Morgan fingerprint density at radius 3 is 2.53 bits per heavy atom. The van der Waals surface area contributed by atoms with Crippen LogP contribution >= 0.6 is 15.9 Å². The summed E-state index contributed by atoms with van der Waals surface area (Å²) >= 11 is 3.38. The number of aromatic nitrogens is 2. The van der Waals surface area contributed by atoms with E-state index in [1.165, 1.54) is 38.8 Å². The van der Waals surface area contributed by atoms with Gasteiger partial charge in [0.25, 0.3) is 0 Å². The fourth-order valence-corrected chi connectivity index (χ4v) is 3.07. The molecule has 2 heterocycles. The molecule has 3 rings (SSSR count). The van der Waals surface area contributed by atoms with Gasteiger partial charge in [-0.1, -0.05) is 6.42 Å². The molecule has 1 aliphatic carbocycles. The molecule has 1 aromatic heterocycles. The first-order chi connectivity index (χ1) is 9.31. The molecule has 0 aromatic carbocycles. The SMILES string of the molecule is Brc1cnc(N2CCCN(CC3CCC3)CC2)nc1. The Hall–Kier alpha value is -0.680. The third-order valence-electron chi connectivity index (χ3n) is 4.22. The highest BCUT2D eigenvalue weighted by Crippen LogP contribution is 2.27. The monoisotopic (exact) mass is 324 g/mol. The van der Waals surface area contributed by atoms with Gasteiger partial charge in [0.2, 0.25) is 5.95 Å². The Morgan fingerprint density at radius 2 is 1.84 bits per heavy atom. The lowest BCUT2D eigenvalue weighted by Crippen LogP contribution is -2.36. The van der Waals surface area contributed by atoms with Gasteiger partial charge < -0.3 is 9.80 Å². The maximum absolute atomic E-state index is 4.41. The van der Waals surface area contributed by atoms with Crippen molar-refractivity contribution in [1.29, 1.82) is 0 Å². The minimum Gasteiger partial charge on any atom is -0.339 e. The van der Waals surface area contributed by atoms with E-state index in [0.717, 1.165) is 36.0 Å². The van der Waals surface area contributed by atoms with Crippen LogP contribution in [-0.4, -0.2) is 47.6 Å². The van der Waals surface area contributed by atoms with Gasteiger partial charge >= 0.3 is 0 Å². The van der Waals surface area contributed by atoms with Gasteiger partial charge in [0.1, 0.15) is 0 Å². The lowest BCUT2D eigenvalue weighted by atomic mass is 9.85. The molecule has 5 heteroatoms. The van der Waals surface area contributed by atoms with E-state index in [0.29, 0.717) is 0 Å². The molecule has 19 heavy (non-hydrogen) atoms. The summed E-state index contributed by atoms with van der Waals surface area (Å²) in [5, 5.41) is 0. The number of anilines is 1. The van der Waals surface area contributed by atoms with Crippen molar-refractivity contribution in [2.75, 3.05) is 37.6 Å². The van der Waals surface area contributed by atoms with Crippen molar-refractivity contribution in [3.05, 3.63) is 16.9 Å². The van der Waals surface area contributed by atoms with E-state index in [1.54, 1.807) is 0 Å². The molecule has 1 saturated heterocycles. The summed E-state index contributed by atoms with van der Waals surface area (Å²) in [7, 11) is 0. The zero-order valence-corrected chi connectivity index (χ0v) is 12.8. The standard InChI is InChI=1S/C14H21BrN4/c15-13-9-16-14(17-10-13)19-6-2-5-18(7-8-19)11-12-3-1-4-12/h9-10,12H,1-8,11H2. The lowest BCUT2D eigenvalue weighted by Gasteiger charge is -2.31. The van der Waals surface area contributed by atoms with Gasteiger partial charge in [-0.15, -0.1) is 0 Å². The number of rotatable bonds is 3. The van der Waals surface area contributed by atoms with Crippen LogP contribution in [0.4, 0.5) is 5.95 Å². The molecule has 0 radical (unpaired) electrons. The summed E-state index contributed by atoms with van der Waals surface area (Å²) in [5.41, 5.74) is 0. The van der Waals surface area contributed by atoms with Gasteiger partial charge in [-0.25, -0.2) is 9.97 Å². The molecule has 0 bridgehead atoms. The molecule has 2 aliphatic rings. The highest BCUT2D eigenvalue weighted by atomic mass is 79.9. The van der Waals surface area contributed by atoms with Crippen molar-refractivity contribution in [1.82, 2.24) is 14.9 Å². The van der Waals surface area contributed by atoms with E-state index < -0.39 is 0 Å². The summed E-state index contributed by atoms with van der Waals surface area (Å²) in [4.78, 5) is 13.8. The van der Waals surface area contributed by atoms with Crippen LogP contribution in [0.5, 0.6) is 0 Å². The zero-order chi connectivity index (χ0) is 13.1. The Balaban J connectivity index is 1.55. The minimum atomic E-state index is 0.869. The summed E-state index contributed by atoms with van der Waals surface area (Å²) in [5.74, 6) is 1.84. The third kappa shape index (κ3) is 3.45. The van der Waals surface area contributed by atoms with Gasteiger partial charge in [0, 0.05) is 38.6 Å². The molecule has 4 nitrogen and oxygen atoms in total. The molecule has 1 aromatic rings. The topological polar surface area (TPSA) is 32.3 Å². The van der Waals surface area contributed by atoms with Crippen molar-refractivity contribution < 1.29 is 0 Å². The van der Waals surface area contributed by atoms with Crippen LogP contribution in [0.15, 0.2) is 16.9 Å². The van der Waals surface area contributed by atoms with Crippen LogP contribution in [-0.2, 0) is 0 Å². The predicted molar refractivity (Wildman–Crippen MR) is 80.3 cm³/mol. The van der Waals surface area contributed by atoms with E-state index in [9.17, 15) is 0 Å². The van der Waals surface area contributed by atoms with Crippen molar-refractivity contribution in [2.24, 2.45) is 5.92 Å². The summed E-state index contributed by atoms with van der Waals surface area (Å²) < 4.78 is 0.942. The van der Waals surface area contributed by atoms with Gasteiger partial charge in [-0.05, 0) is 47.7 Å². The Kier molecular flexibility index (Phi) is 4.33. The second kappa shape index (κ2) is 6.18. The van der Waals surface area contributed by atoms with Gasteiger partial charge in [0.05, 0.1) is 4.47 Å². The maximum Gasteiger partial charge on any atom is 0.225 e. The molecule has 0 atom stereocenters. The molecule has 1 saturated carbocycles. The third-order valence-corrected chi connectivity index (χ3v) is 4.63. The highest BCUT2D eigenvalue weighted by Gasteiger charge is 2.23. The van der Waals surface area contributed by atoms with Crippen LogP contribution in [0.25, 0.3) is 0 Å². The molecule has 0 unspecified atom stereocenters. The average molecular weight is 325 g/mol. The molecule has 2 fully saturated rings.